The third-order valence-electron chi connectivity index (χ3n) is 3.01. The Balaban J connectivity index is 2.36. The fourth-order valence-electron chi connectivity index (χ4n) is 1.98. The van der Waals surface area contributed by atoms with Crippen molar-refractivity contribution < 1.29 is 27.1 Å². The van der Waals surface area contributed by atoms with Crippen molar-refractivity contribution in [3.05, 3.63) is 29.1 Å². The van der Waals surface area contributed by atoms with Gasteiger partial charge in [-0.05, 0) is 24.6 Å². The number of esters is 1. The molecule has 8 heteroatoms. The minimum Gasteiger partial charge on any atom is -0.456 e. The molecule has 0 saturated carbocycles. The average Bonchev–Trinajstić information content (AvgIpc) is 2.83. The number of sulfonamides is 1. The highest BCUT2D eigenvalue weighted by Gasteiger charge is 2.25. The molecule has 1 aromatic rings. The van der Waals surface area contributed by atoms with Crippen LogP contribution in [0, 0.1) is 12.7 Å². The molecular weight excluding hydrogens is 289 g/mol. The minimum atomic E-state index is -4.11. The van der Waals surface area contributed by atoms with Crippen LogP contribution in [0.15, 0.2) is 17.0 Å². The van der Waals surface area contributed by atoms with Crippen molar-refractivity contribution in [2.24, 2.45) is 5.14 Å². The van der Waals surface area contributed by atoms with Gasteiger partial charge in [0.25, 0.3) is 0 Å². The first-order valence-electron chi connectivity index (χ1n) is 5.90. The molecule has 1 aromatic carbocycles. The van der Waals surface area contributed by atoms with Gasteiger partial charge >= 0.3 is 5.97 Å². The predicted molar refractivity (Wildman–Crippen MR) is 67.1 cm³/mol. The molecule has 1 unspecified atom stereocenters. The van der Waals surface area contributed by atoms with Crippen LogP contribution < -0.4 is 5.14 Å². The van der Waals surface area contributed by atoms with Gasteiger partial charge in [0.1, 0.15) is 11.9 Å². The zero-order valence-corrected chi connectivity index (χ0v) is 11.6. The van der Waals surface area contributed by atoms with Crippen LogP contribution in [0.2, 0.25) is 0 Å². The molecule has 0 bridgehead atoms. The number of primary sulfonamides is 1. The summed E-state index contributed by atoms with van der Waals surface area (Å²) < 4.78 is 46.4. The van der Waals surface area contributed by atoms with Gasteiger partial charge in [0.05, 0.1) is 23.7 Å². The molecule has 20 heavy (non-hydrogen) atoms. The lowest BCUT2D eigenvalue weighted by Gasteiger charge is -2.13. The molecule has 0 spiro atoms. The number of carbonyl (C=O) groups is 1. The molecule has 1 aliphatic rings. The molecule has 6 nitrogen and oxygen atoms in total. The van der Waals surface area contributed by atoms with Crippen molar-refractivity contribution in [1.29, 1.82) is 0 Å². The van der Waals surface area contributed by atoms with E-state index in [0.717, 1.165) is 12.1 Å². The number of ether oxygens (including phenoxy) is 2. The van der Waals surface area contributed by atoms with E-state index in [2.05, 4.69) is 0 Å². The highest BCUT2D eigenvalue weighted by Crippen LogP contribution is 2.22. The number of benzene rings is 1. The third-order valence-corrected chi connectivity index (χ3v) is 4.05. The summed E-state index contributed by atoms with van der Waals surface area (Å²) in [4.78, 5) is 11.5. The predicted octanol–water partition coefficient (Wildman–Crippen LogP) is 0.727. The summed E-state index contributed by atoms with van der Waals surface area (Å²) >= 11 is 0. The van der Waals surface area contributed by atoms with E-state index in [4.69, 9.17) is 14.6 Å². The number of halogens is 1. The summed E-state index contributed by atoms with van der Waals surface area (Å²) in [5, 5.41) is 4.99. The smallest absolute Gasteiger partial charge is 0.338 e. The first-order chi connectivity index (χ1) is 9.29. The van der Waals surface area contributed by atoms with Crippen molar-refractivity contribution in [3.8, 4) is 0 Å². The third kappa shape index (κ3) is 3.14. The molecule has 2 rings (SSSR count). The summed E-state index contributed by atoms with van der Waals surface area (Å²) in [7, 11) is -4.11. The van der Waals surface area contributed by atoms with Gasteiger partial charge < -0.3 is 9.47 Å². The zero-order chi connectivity index (χ0) is 14.9. The van der Waals surface area contributed by atoms with Crippen LogP contribution in [0.25, 0.3) is 0 Å². The van der Waals surface area contributed by atoms with Gasteiger partial charge in [0.15, 0.2) is 0 Å². The lowest BCUT2D eigenvalue weighted by molar-refractivity contribution is 0.0269. The van der Waals surface area contributed by atoms with Gasteiger partial charge in [-0.3, -0.25) is 0 Å². The maximum atomic E-state index is 13.5. The van der Waals surface area contributed by atoms with E-state index < -0.39 is 32.8 Å². The molecule has 1 atom stereocenters. The Kier molecular flexibility index (Phi) is 4.07. The van der Waals surface area contributed by atoms with Crippen molar-refractivity contribution in [2.75, 3.05) is 13.2 Å². The van der Waals surface area contributed by atoms with Gasteiger partial charge in [0.2, 0.25) is 10.0 Å². The standard InChI is InChI=1S/C12H14FNO5S/c1-7-10(12(15)19-9-2-3-18-6-9)4-8(13)5-11(7)20(14,16)17/h4-5,9H,2-3,6H2,1H3,(H2,14,16,17). The average molecular weight is 303 g/mol. The molecule has 110 valence electrons. The Hall–Kier alpha value is -1.51. The summed E-state index contributed by atoms with van der Waals surface area (Å²) in [6, 6.07) is 1.71. The number of carbonyl (C=O) groups excluding carboxylic acids is 1. The van der Waals surface area contributed by atoms with E-state index in [0.29, 0.717) is 13.0 Å². The Morgan fingerprint density at radius 1 is 1.50 bits per heavy atom. The van der Waals surface area contributed by atoms with Crippen molar-refractivity contribution in [1.82, 2.24) is 0 Å². The number of nitrogens with two attached hydrogens (primary N) is 1. The van der Waals surface area contributed by atoms with Gasteiger partial charge in [-0.2, -0.15) is 0 Å². The first-order valence-corrected chi connectivity index (χ1v) is 7.45. The van der Waals surface area contributed by atoms with Gasteiger partial charge in [0, 0.05) is 6.42 Å². The Bertz CT molecular complexity index is 637. The number of hydrogen-bond donors (Lipinski definition) is 1. The number of hydrogen-bond acceptors (Lipinski definition) is 5. The van der Waals surface area contributed by atoms with E-state index in [1.807, 2.05) is 0 Å². The van der Waals surface area contributed by atoms with E-state index in [1.54, 1.807) is 0 Å². The molecule has 0 aromatic heterocycles. The quantitative estimate of drug-likeness (QED) is 0.830. The lowest BCUT2D eigenvalue weighted by atomic mass is 10.1. The molecule has 0 amide bonds. The minimum absolute atomic E-state index is 0.0674. The number of rotatable bonds is 3. The summed E-state index contributed by atoms with van der Waals surface area (Å²) in [5.74, 6) is -1.66. The molecule has 1 saturated heterocycles. The normalized spacial score (nSPS) is 19.1. The topological polar surface area (TPSA) is 95.7 Å². The molecule has 0 radical (unpaired) electrons. The van der Waals surface area contributed by atoms with Crippen LogP contribution >= 0.6 is 0 Å². The summed E-state index contributed by atoms with van der Waals surface area (Å²) in [6.45, 7) is 2.14. The van der Waals surface area contributed by atoms with Crippen LogP contribution in [-0.4, -0.2) is 33.7 Å². The van der Waals surface area contributed by atoms with Crippen LogP contribution in [0.3, 0.4) is 0 Å². The Morgan fingerprint density at radius 2 is 2.20 bits per heavy atom. The first kappa shape index (κ1) is 14.9. The van der Waals surface area contributed by atoms with Crippen LogP contribution in [-0.2, 0) is 19.5 Å². The monoisotopic (exact) mass is 303 g/mol. The van der Waals surface area contributed by atoms with Crippen LogP contribution in [0.4, 0.5) is 4.39 Å². The van der Waals surface area contributed by atoms with Crippen molar-refractivity contribution >= 4 is 16.0 Å². The summed E-state index contributed by atoms with van der Waals surface area (Å²) in [5.41, 5.74) is -0.0845. The Labute approximate surface area is 115 Å². The van der Waals surface area contributed by atoms with Crippen molar-refractivity contribution in [3.63, 3.8) is 0 Å². The zero-order valence-electron chi connectivity index (χ0n) is 10.8. The second-order valence-corrected chi connectivity index (χ2v) is 6.04. The molecular formula is C12H14FNO5S. The highest BCUT2D eigenvalue weighted by atomic mass is 32.2. The van der Waals surface area contributed by atoms with E-state index in [-0.39, 0.29) is 17.7 Å². The second-order valence-electron chi connectivity index (χ2n) is 4.51. The van der Waals surface area contributed by atoms with Gasteiger partial charge in [-0.25, -0.2) is 22.7 Å². The fraction of sp³-hybridized carbons (Fsp3) is 0.417. The maximum Gasteiger partial charge on any atom is 0.338 e. The van der Waals surface area contributed by atoms with Gasteiger partial charge in [-0.1, -0.05) is 0 Å². The molecule has 1 aliphatic heterocycles. The summed E-state index contributed by atoms with van der Waals surface area (Å²) in [6.07, 6.45) is 0.158. The van der Waals surface area contributed by atoms with Crippen molar-refractivity contribution in [2.45, 2.75) is 24.3 Å². The van der Waals surface area contributed by atoms with E-state index >= 15 is 0 Å². The van der Waals surface area contributed by atoms with Gasteiger partial charge in [-0.15, -0.1) is 0 Å². The van der Waals surface area contributed by atoms with E-state index in [9.17, 15) is 17.6 Å². The molecule has 1 fully saturated rings. The van der Waals surface area contributed by atoms with Crippen LogP contribution in [0.1, 0.15) is 22.3 Å². The molecule has 1 heterocycles. The molecule has 2 N–H and O–H groups in total. The van der Waals surface area contributed by atoms with Crippen LogP contribution in [0.5, 0.6) is 0 Å². The SMILES string of the molecule is Cc1c(C(=O)OC2CCOC2)cc(F)cc1S(N)(=O)=O. The fourth-order valence-corrected chi connectivity index (χ4v) is 2.80. The lowest BCUT2D eigenvalue weighted by Crippen LogP contribution is -2.21. The van der Waals surface area contributed by atoms with E-state index in [1.165, 1.54) is 6.92 Å². The second kappa shape index (κ2) is 5.47. The Morgan fingerprint density at radius 3 is 2.75 bits per heavy atom. The maximum absolute atomic E-state index is 13.5. The highest BCUT2D eigenvalue weighted by molar-refractivity contribution is 7.89. The largest absolute Gasteiger partial charge is 0.456 e. The molecule has 0 aliphatic carbocycles.